The van der Waals surface area contributed by atoms with E-state index in [2.05, 4.69) is 28.6 Å². The number of para-hydroxylation sites is 1. The highest BCUT2D eigenvalue weighted by atomic mass is 32.2. The van der Waals surface area contributed by atoms with Gasteiger partial charge in [-0.15, -0.1) is 4.40 Å². The number of nitrogens with zero attached hydrogens (tertiary/aromatic N) is 2. The minimum Gasteiger partial charge on any atom is -0.454 e. The number of hydrogen-bond acceptors (Lipinski definition) is 7. The van der Waals surface area contributed by atoms with Gasteiger partial charge in [-0.05, 0) is 37.1 Å². The van der Waals surface area contributed by atoms with Gasteiger partial charge in [-0.2, -0.15) is 4.28 Å². The van der Waals surface area contributed by atoms with E-state index in [0.717, 1.165) is 45.0 Å². The second-order valence-corrected chi connectivity index (χ2v) is 10.3. The molecule has 0 saturated carbocycles. The molecule has 174 valence electrons. The first-order valence-electron chi connectivity index (χ1n) is 10.6. The van der Waals surface area contributed by atoms with Gasteiger partial charge in [-0.3, -0.25) is 0 Å². The van der Waals surface area contributed by atoms with Gasteiger partial charge in [0.15, 0.2) is 21.4 Å². The van der Waals surface area contributed by atoms with Crippen molar-refractivity contribution in [2.45, 2.75) is 44.4 Å². The van der Waals surface area contributed by atoms with Crippen molar-refractivity contribution in [3.05, 3.63) is 48.0 Å². The van der Waals surface area contributed by atoms with Gasteiger partial charge in [0.05, 0.1) is 5.69 Å². The lowest BCUT2D eigenvalue weighted by atomic mass is 10.1. The van der Waals surface area contributed by atoms with Crippen molar-refractivity contribution in [3.63, 3.8) is 0 Å². The van der Waals surface area contributed by atoms with Gasteiger partial charge in [0.1, 0.15) is 10.6 Å². The second-order valence-electron chi connectivity index (χ2n) is 7.55. The third kappa shape index (κ3) is 6.08. The van der Waals surface area contributed by atoms with Crippen molar-refractivity contribution < 1.29 is 21.6 Å². The average Bonchev–Trinajstić information content (AvgIpc) is 3.20. The van der Waals surface area contributed by atoms with Crippen LogP contribution in [0.1, 0.15) is 45.1 Å². The Labute approximate surface area is 192 Å². The van der Waals surface area contributed by atoms with Gasteiger partial charge < -0.3 is 9.64 Å². The number of rotatable bonds is 11. The molecule has 0 fully saturated rings. The zero-order valence-electron chi connectivity index (χ0n) is 18.5. The Morgan fingerprint density at radius 3 is 2.28 bits per heavy atom. The summed E-state index contributed by atoms with van der Waals surface area (Å²) in [5.74, 6) is 1.03. The molecule has 0 saturated heterocycles. The van der Waals surface area contributed by atoms with E-state index >= 15 is 0 Å². The molecule has 1 heterocycles. The number of benzene rings is 2. The number of anilines is 1. The molecule has 0 spiro atoms. The molecule has 1 atom stereocenters. The summed E-state index contributed by atoms with van der Waals surface area (Å²) in [6, 6.07) is 12.4. The van der Waals surface area contributed by atoms with Gasteiger partial charge in [0.2, 0.25) is 0 Å². The lowest BCUT2D eigenvalue weighted by Crippen LogP contribution is -2.27. The summed E-state index contributed by atoms with van der Waals surface area (Å²) >= 11 is -1.86. The Balaban J connectivity index is 2.22. The van der Waals surface area contributed by atoms with Crippen molar-refractivity contribution in [3.8, 4) is 11.5 Å². The Morgan fingerprint density at radius 2 is 1.75 bits per heavy atom. The normalized spacial score (nSPS) is 15.8. The molecule has 0 bridgehead atoms. The zero-order chi connectivity index (χ0) is 23.1. The molecule has 1 N–H and O–H groups in total. The highest BCUT2D eigenvalue weighted by molar-refractivity contribution is 7.90. The summed E-state index contributed by atoms with van der Waals surface area (Å²) in [6.07, 6.45) is 5.03. The number of hydrogen-bond donors (Lipinski definition) is 1. The van der Waals surface area contributed by atoms with Crippen molar-refractivity contribution in [1.29, 1.82) is 0 Å². The molecule has 3 rings (SSSR count). The van der Waals surface area contributed by atoms with E-state index < -0.39 is 21.1 Å². The Bertz CT molecular complexity index is 1080. The molecule has 1 unspecified atom stereocenters. The smallest absolute Gasteiger partial charge is 0.309 e. The van der Waals surface area contributed by atoms with E-state index in [1.54, 1.807) is 12.1 Å². The minimum absolute atomic E-state index is 0.0361. The van der Waals surface area contributed by atoms with Crippen LogP contribution in [0.15, 0.2) is 51.8 Å². The van der Waals surface area contributed by atoms with E-state index in [0.29, 0.717) is 17.0 Å². The van der Waals surface area contributed by atoms with Gasteiger partial charge in [-0.25, -0.2) is 18.1 Å². The molecule has 2 aromatic carbocycles. The maximum absolute atomic E-state index is 12.8. The van der Waals surface area contributed by atoms with Crippen LogP contribution >= 0.6 is 0 Å². The van der Waals surface area contributed by atoms with E-state index in [4.69, 9.17) is 9.02 Å². The SMILES string of the molecule is CCCCN(CCCC)c1cc(C2=NS(=O)ON2)cc(S(C)(=O)=O)c1Oc1ccccc1. The number of amidine groups is 1. The molecular weight excluding hydrogens is 450 g/mol. The Hall–Kier alpha value is -2.43. The lowest BCUT2D eigenvalue weighted by Gasteiger charge is -2.28. The van der Waals surface area contributed by atoms with Crippen LogP contribution < -0.4 is 15.1 Å². The molecule has 2 aromatic rings. The third-order valence-corrected chi connectivity index (χ3v) is 6.61. The maximum atomic E-state index is 12.8. The molecule has 8 nitrogen and oxygen atoms in total. The zero-order valence-corrected chi connectivity index (χ0v) is 20.2. The van der Waals surface area contributed by atoms with Crippen LogP contribution in [-0.2, 0) is 25.4 Å². The highest BCUT2D eigenvalue weighted by Crippen LogP contribution is 2.40. The van der Waals surface area contributed by atoms with Crippen LogP contribution in [-0.4, -0.2) is 37.8 Å². The molecule has 1 aliphatic rings. The van der Waals surface area contributed by atoms with Crippen LogP contribution in [0, 0.1) is 0 Å². The fourth-order valence-corrected chi connectivity index (χ4v) is 4.60. The molecule has 1 aliphatic heterocycles. The van der Waals surface area contributed by atoms with Crippen molar-refractivity contribution >= 4 is 32.6 Å². The number of unbranched alkanes of at least 4 members (excludes halogenated alkanes) is 2. The van der Waals surface area contributed by atoms with Crippen LogP contribution in [0.2, 0.25) is 0 Å². The lowest BCUT2D eigenvalue weighted by molar-refractivity contribution is 0.306. The fourth-order valence-electron chi connectivity index (χ4n) is 3.29. The average molecular weight is 480 g/mol. The summed E-state index contributed by atoms with van der Waals surface area (Å²) in [5, 5.41) is 0. The minimum atomic E-state index is -3.67. The van der Waals surface area contributed by atoms with Crippen molar-refractivity contribution in [2.24, 2.45) is 4.40 Å². The number of nitrogens with one attached hydrogen (secondary N) is 1. The van der Waals surface area contributed by atoms with Crippen molar-refractivity contribution in [2.75, 3.05) is 24.2 Å². The molecule has 0 amide bonds. The maximum Gasteiger partial charge on any atom is 0.309 e. The van der Waals surface area contributed by atoms with Crippen LogP contribution in [0.3, 0.4) is 0 Å². The predicted octanol–water partition coefficient (Wildman–Crippen LogP) is 4.15. The third-order valence-electron chi connectivity index (χ3n) is 4.95. The van der Waals surface area contributed by atoms with E-state index in [1.165, 1.54) is 6.07 Å². The molecule has 0 aliphatic carbocycles. The van der Waals surface area contributed by atoms with Gasteiger partial charge in [0.25, 0.3) is 0 Å². The van der Waals surface area contributed by atoms with Crippen LogP contribution in [0.25, 0.3) is 0 Å². The summed E-state index contributed by atoms with van der Waals surface area (Å²) in [7, 11) is -3.67. The van der Waals surface area contributed by atoms with Crippen LogP contribution in [0.4, 0.5) is 5.69 Å². The first kappa shape index (κ1) is 24.2. The monoisotopic (exact) mass is 479 g/mol. The predicted molar refractivity (Wildman–Crippen MR) is 127 cm³/mol. The second kappa shape index (κ2) is 10.9. The quantitative estimate of drug-likeness (QED) is 0.517. The van der Waals surface area contributed by atoms with Crippen LogP contribution in [0.5, 0.6) is 11.5 Å². The van der Waals surface area contributed by atoms with Crippen molar-refractivity contribution in [1.82, 2.24) is 5.48 Å². The largest absolute Gasteiger partial charge is 0.454 e. The number of hydroxylamine groups is 1. The van der Waals surface area contributed by atoms with E-state index in [1.807, 2.05) is 24.3 Å². The topological polar surface area (TPSA) is 97.3 Å². The summed E-state index contributed by atoms with van der Waals surface area (Å²) in [6.45, 7) is 5.72. The summed E-state index contributed by atoms with van der Waals surface area (Å²) < 4.78 is 52.2. The van der Waals surface area contributed by atoms with E-state index in [9.17, 15) is 12.6 Å². The Kier molecular flexibility index (Phi) is 8.27. The summed E-state index contributed by atoms with van der Waals surface area (Å²) in [4.78, 5) is 2.19. The number of ether oxygens (including phenoxy) is 1. The molecule has 32 heavy (non-hydrogen) atoms. The first-order chi connectivity index (χ1) is 15.3. The van der Waals surface area contributed by atoms with Gasteiger partial charge >= 0.3 is 11.3 Å². The standard InChI is InChI=1S/C22H29N3O5S2/c1-4-6-13-25(14-7-5-2)19-15-17(22-23-30-31(26)24-22)16-20(32(3,27)28)21(19)29-18-11-9-8-10-12-18/h8-12,15-16H,4-7,13-14H2,1-3H3,(H,23,24). The number of sulfone groups is 1. The van der Waals surface area contributed by atoms with Gasteiger partial charge in [-0.1, -0.05) is 44.9 Å². The molecular formula is C22H29N3O5S2. The van der Waals surface area contributed by atoms with E-state index in [-0.39, 0.29) is 16.5 Å². The highest BCUT2D eigenvalue weighted by Gasteiger charge is 2.27. The molecule has 10 heteroatoms. The molecule has 0 radical (unpaired) electrons. The summed E-state index contributed by atoms with van der Waals surface area (Å²) in [5.41, 5.74) is 3.63. The fraction of sp³-hybridized carbons (Fsp3) is 0.409. The van der Waals surface area contributed by atoms with Gasteiger partial charge in [0, 0.05) is 24.9 Å². The molecule has 0 aromatic heterocycles. The Morgan fingerprint density at radius 1 is 1.09 bits per heavy atom. The first-order valence-corrected chi connectivity index (χ1v) is 13.6.